The van der Waals surface area contributed by atoms with Gasteiger partial charge in [-0.3, -0.25) is 0 Å². The van der Waals surface area contributed by atoms with Crippen LogP contribution in [-0.4, -0.2) is 13.2 Å². The quantitative estimate of drug-likeness (QED) is 0.677. The molecule has 1 aliphatic carbocycles. The summed E-state index contributed by atoms with van der Waals surface area (Å²) in [5.74, 6) is 2.05. The SMILES string of the molecule is CC1(C)C(C(Cl)c2cc3c(cc2Br)OCCO3)C1(C)C. The van der Waals surface area contributed by atoms with Gasteiger partial charge in [0.05, 0.1) is 5.38 Å². The minimum absolute atomic E-state index is 0.0230. The fraction of sp³-hybridized carbons (Fsp3) is 0.625. The molecule has 110 valence electrons. The maximum Gasteiger partial charge on any atom is 0.162 e. The van der Waals surface area contributed by atoms with E-state index in [4.69, 9.17) is 21.1 Å². The molecule has 1 heterocycles. The lowest BCUT2D eigenvalue weighted by molar-refractivity contribution is 0.171. The first-order valence-electron chi connectivity index (χ1n) is 7.00. The Kier molecular flexibility index (Phi) is 3.30. The van der Waals surface area contributed by atoms with Crippen LogP contribution in [0.25, 0.3) is 0 Å². The van der Waals surface area contributed by atoms with Gasteiger partial charge < -0.3 is 9.47 Å². The zero-order valence-corrected chi connectivity index (χ0v) is 14.6. The first kappa shape index (κ1) is 14.5. The zero-order chi connectivity index (χ0) is 14.7. The minimum atomic E-state index is -0.0230. The second kappa shape index (κ2) is 4.54. The van der Waals surface area contributed by atoms with Crippen molar-refractivity contribution in [3.8, 4) is 11.5 Å². The number of rotatable bonds is 2. The average molecular weight is 360 g/mol. The maximum absolute atomic E-state index is 6.79. The van der Waals surface area contributed by atoms with Crippen LogP contribution in [0.1, 0.15) is 38.6 Å². The lowest BCUT2D eigenvalue weighted by Crippen LogP contribution is -2.16. The van der Waals surface area contributed by atoms with E-state index in [1.54, 1.807) is 0 Å². The molecule has 1 aliphatic heterocycles. The molecule has 4 heteroatoms. The summed E-state index contributed by atoms with van der Waals surface area (Å²) in [7, 11) is 0. The van der Waals surface area contributed by atoms with Crippen molar-refractivity contribution in [3.63, 3.8) is 0 Å². The highest BCUT2D eigenvalue weighted by Gasteiger charge is 2.67. The van der Waals surface area contributed by atoms with Crippen molar-refractivity contribution in [2.24, 2.45) is 16.7 Å². The summed E-state index contributed by atoms with van der Waals surface area (Å²) in [4.78, 5) is 0. The number of benzene rings is 1. The van der Waals surface area contributed by atoms with E-state index < -0.39 is 0 Å². The standard InChI is InChI=1S/C16H20BrClO2/c1-15(2)14(16(15,3)4)13(18)9-7-11-12(8-10(9)17)20-6-5-19-11/h7-8,13-14H,5-6H2,1-4H3. The highest BCUT2D eigenvalue weighted by atomic mass is 79.9. The fourth-order valence-corrected chi connectivity index (χ4v) is 4.96. The second-order valence-electron chi connectivity index (χ2n) is 6.84. The van der Waals surface area contributed by atoms with Gasteiger partial charge in [-0.2, -0.15) is 0 Å². The van der Waals surface area contributed by atoms with E-state index in [1.807, 2.05) is 12.1 Å². The minimum Gasteiger partial charge on any atom is -0.486 e. The van der Waals surface area contributed by atoms with Gasteiger partial charge in [-0.15, -0.1) is 11.6 Å². The number of halogens is 2. The lowest BCUT2D eigenvalue weighted by atomic mass is 10.0. The van der Waals surface area contributed by atoms with E-state index in [0.717, 1.165) is 21.5 Å². The highest BCUT2D eigenvalue weighted by molar-refractivity contribution is 9.10. The Hall–Kier alpha value is -0.410. The molecule has 0 bridgehead atoms. The van der Waals surface area contributed by atoms with E-state index in [0.29, 0.717) is 19.1 Å². The van der Waals surface area contributed by atoms with Crippen molar-refractivity contribution in [2.45, 2.75) is 33.1 Å². The number of fused-ring (bicyclic) bond motifs is 1. The molecule has 0 aromatic heterocycles. The first-order valence-corrected chi connectivity index (χ1v) is 8.23. The van der Waals surface area contributed by atoms with E-state index >= 15 is 0 Å². The zero-order valence-electron chi connectivity index (χ0n) is 12.3. The first-order chi connectivity index (χ1) is 9.26. The molecule has 2 nitrogen and oxygen atoms in total. The molecule has 1 aromatic rings. The van der Waals surface area contributed by atoms with E-state index in [9.17, 15) is 0 Å². The number of hydrogen-bond acceptors (Lipinski definition) is 2. The molecule has 1 unspecified atom stereocenters. The van der Waals surface area contributed by atoms with Crippen molar-refractivity contribution in [2.75, 3.05) is 13.2 Å². The van der Waals surface area contributed by atoms with Gasteiger partial charge in [0.15, 0.2) is 11.5 Å². The van der Waals surface area contributed by atoms with Gasteiger partial charge in [0.25, 0.3) is 0 Å². The van der Waals surface area contributed by atoms with Gasteiger partial charge in [0.2, 0.25) is 0 Å². The Balaban J connectivity index is 1.95. The van der Waals surface area contributed by atoms with Crippen LogP contribution in [0.4, 0.5) is 0 Å². The van der Waals surface area contributed by atoms with Gasteiger partial charge >= 0.3 is 0 Å². The van der Waals surface area contributed by atoms with Crippen molar-refractivity contribution >= 4 is 27.5 Å². The topological polar surface area (TPSA) is 18.5 Å². The number of ether oxygens (including phenoxy) is 2. The van der Waals surface area contributed by atoms with Crippen LogP contribution in [-0.2, 0) is 0 Å². The predicted molar refractivity (Wildman–Crippen MR) is 84.8 cm³/mol. The monoisotopic (exact) mass is 358 g/mol. The summed E-state index contributed by atoms with van der Waals surface area (Å²) in [6.07, 6.45) is 0. The van der Waals surface area contributed by atoms with Crippen LogP contribution in [0.15, 0.2) is 16.6 Å². The van der Waals surface area contributed by atoms with Crippen molar-refractivity contribution in [3.05, 3.63) is 22.2 Å². The molecule has 0 radical (unpaired) electrons. The Morgan fingerprint density at radius 3 is 2.10 bits per heavy atom. The van der Waals surface area contributed by atoms with Gasteiger partial charge in [-0.1, -0.05) is 43.6 Å². The molecule has 1 fully saturated rings. The molecule has 0 spiro atoms. The van der Waals surface area contributed by atoms with Crippen molar-refractivity contribution < 1.29 is 9.47 Å². The third-order valence-electron chi connectivity index (χ3n) is 5.38. The van der Waals surface area contributed by atoms with E-state index in [-0.39, 0.29) is 16.2 Å². The van der Waals surface area contributed by atoms with Crippen LogP contribution < -0.4 is 9.47 Å². The molecule has 1 atom stereocenters. The maximum atomic E-state index is 6.79. The van der Waals surface area contributed by atoms with Gasteiger partial charge in [-0.05, 0) is 34.4 Å². The van der Waals surface area contributed by atoms with Crippen LogP contribution in [0.3, 0.4) is 0 Å². The second-order valence-corrected chi connectivity index (χ2v) is 8.16. The Morgan fingerprint density at radius 1 is 1.10 bits per heavy atom. The molecule has 20 heavy (non-hydrogen) atoms. The van der Waals surface area contributed by atoms with Gasteiger partial charge in [0, 0.05) is 4.47 Å². The average Bonchev–Trinajstić information content (AvgIpc) is 2.78. The fourth-order valence-electron chi connectivity index (χ4n) is 3.45. The Morgan fingerprint density at radius 2 is 1.60 bits per heavy atom. The Bertz CT molecular complexity index is 540. The smallest absolute Gasteiger partial charge is 0.162 e. The predicted octanol–water partition coefficient (Wildman–Crippen LogP) is 5.18. The normalized spacial score (nSPS) is 24.3. The molecule has 1 aromatic carbocycles. The van der Waals surface area contributed by atoms with Crippen molar-refractivity contribution in [1.29, 1.82) is 0 Å². The van der Waals surface area contributed by atoms with Crippen LogP contribution >= 0.6 is 27.5 Å². The molecule has 0 amide bonds. The van der Waals surface area contributed by atoms with Crippen LogP contribution in [0.2, 0.25) is 0 Å². The summed E-state index contributed by atoms with van der Waals surface area (Å²) in [6.45, 7) is 10.4. The Labute approximate surface area is 133 Å². The molecule has 3 rings (SSSR count). The van der Waals surface area contributed by atoms with Crippen molar-refractivity contribution in [1.82, 2.24) is 0 Å². The molecule has 2 aliphatic rings. The van der Waals surface area contributed by atoms with Crippen LogP contribution in [0, 0.1) is 16.7 Å². The third-order valence-corrected chi connectivity index (χ3v) is 6.56. The molecule has 1 saturated carbocycles. The van der Waals surface area contributed by atoms with Gasteiger partial charge in [0.1, 0.15) is 13.2 Å². The van der Waals surface area contributed by atoms with Crippen LogP contribution in [0.5, 0.6) is 11.5 Å². The third kappa shape index (κ3) is 1.97. The molecule has 0 saturated heterocycles. The highest BCUT2D eigenvalue weighted by Crippen LogP contribution is 2.74. The summed E-state index contributed by atoms with van der Waals surface area (Å²) < 4.78 is 12.3. The van der Waals surface area contributed by atoms with Gasteiger partial charge in [-0.25, -0.2) is 0 Å². The largest absolute Gasteiger partial charge is 0.486 e. The number of alkyl halides is 1. The summed E-state index contributed by atoms with van der Waals surface area (Å²) >= 11 is 10.4. The molecule has 0 N–H and O–H groups in total. The molecular weight excluding hydrogens is 340 g/mol. The van der Waals surface area contributed by atoms with E-state index in [2.05, 4.69) is 43.6 Å². The summed E-state index contributed by atoms with van der Waals surface area (Å²) in [6, 6.07) is 4.00. The van der Waals surface area contributed by atoms with E-state index in [1.165, 1.54) is 0 Å². The summed E-state index contributed by atoms with van der Waals surface area (Å²) in [5.41, 5.74) is 1.61. The molecular formula is C16H20BrClO2. The summed E-state index contributed by atoms with van der Waals surface area (Å²) in [5, 5.41) is -0.0230. The lowest BCUT2D eigenvalue weighted by Gasteiger charge is -2.22. The number of hydrogen-bond donors (Lipinski definition) is 0.